The van der Waals surface area contributed by atoms with Crippen LogP contribution in [0.4, 0.5) is 5.69 Å². The zero-order valence-corrected chi connectivity index (χ0v) is 18.2. The Morgan fingerprint density at radius 1 is 1.27 bits per heavy atom. The molecule has 1 aliphatic heterocycles. The van der Waals surface area contributed by atoms with Crippen molar-refractivity contribution in [1.29, 1.82) is 0 Å². The molecule has 0 saturated carbocycles. The van der Waals surface area contributed by atoms with Crippen molar-refractivity contribution in [2.75, 3.05) is 45.2 Å². The van der Waals surface area contributed by atoms with Crippen LogP contribution in [0.3, 0.4) is 0 Å². The second-order valence-corrected chi connectivity index (χ2v) is 8.43. The van der Waals surface area contributed by atoms with Gasteiger partial charge in [-0.3, -0.25) is 14.6 Å². The Labute approximate surface area is 184 Å². The summed E-state index contributed by atoms with van der Waals surface area (Å²) >= 11 is 7.68. The normalized spacial score (nSPS) is 15.3. The number of nitrogens with one attached hydrogen (secondary N) is 1. The lowest BCUT2D eigenvalue weighted by Crippen LogP contribution is -2.48. The molecule has 1 fully saturated rings. The van der Waals surface area contributed by atoms with E-state index in [4.69, 9.17) is 20.8 Å². The van der Waals surface area contributed by atoms with Gasteiger partial charge in [0, 0.05) is 36.6 Å². The molecule has 0 aliphatic carbocycles. The number of methoxy groups -OCH3 is 1. The summed E-state index contributed by atoms with van der Waals surface area (Å²) in [5.74, 6) is 1.31. The van der Waals surface area contributed by atoms with Crippen molar-refractivity contribution >= 4 is 34.5 Å². The molecule has 0 atom stereocenters. The lowest BCUT2D eigenvalue weighted by molar-refractivity contribution is -0.117. The summed E-state index contributed by atoms with van der Waals surface area (Å²) in [6.07, 6.45) is 1.66. The molecule has 3 aromatic rings. The highest BCUT2D eigenvalue weighted by Crippen LogP contribution is 2.27. The molecule has 158 valence electrons. The van der Waals surface area contributed by atoms with Gasteiger partial charge in [0.25, 0.3) is 0 Å². The molecule has 0 radical (unpaired) electrons. The molecule has 0 bridgehead atoms. The van der Waals surface area contributed by atoms with Crippen LogP contribution in [0.25, 0.3) is 11.5 Å². The number of ether oxygens (including phenoxy) is 1. The van der Waals surface area contributed by atoms with Crippen LogP contribution in [0.15, 0.2) is 46.4 Å². The highest BCUT2D eigenvalue weighted by molar-refractivity contribution is 7.09. The molecular weight excluding hydrogens is 424 g/mol. The quantitative estimate of drug-likeness (QED) is 0.595. The molecule has 1 amide bonds. The van der Waals surface area contributed by atoms with E-state index >= 15 is 0 Å². The summed E-state index contributed by atoms with van der Waals surface area (Å²) in [6.45, 7) is 4.59. The Hall–Kier alpha value is -2.39. The summed E-state index contributed by atoms with van der Waals surface area (Å²) in [4.78, 5) is 21.6. The number of rotatable bonds is 7. The van der Waals surface area contributed by atoms with Crippen LogP contribution < -0.4 is 10.1 Å². The van der Waals surface area contributed by atoms with Crippen molar-refractivity contribution in [3.05, 3.63) is 52.0 Å². The topological polar surface area (TPSA) is 70.8 Å². The third kappa shape index (κ3) is 5.20. The van der Waals surface area contributed by atoms with E-state index in [1.165, 1.54) is 0 Å². The van der Waals surface area contributed by atoms with Gasteiger partial charge in [-0.25, -0.2) is 4.98 Å². The van der Waals surface area contributed by atoms with Gasteiger partial charge < -0.3 is 14.5 Å². The van der Waals surface area contributed by atoms with Gasteiger partial charge in [0.05, 0.1) is 32.1 Å². The second-order valence-electron chi connectivity index (χ2n) is 7.05. The molecule has 1 N–H and O–H groups in total. The number of halogens is 1. The van der Waals surface area contributed by atoms with E-state index in [1.54, 1.807) is 42.9 Å². The fourth-order valence-electron chi connectivity index (χ4n) is 3.39. The minimum Gasteiger partial charge on any atom is -0.495 e. The number of hydrogen-bond donors (Lipinski definition) is 1. The molecule has 4 rings (SSSR count). The van der Waals surface area contributed by atoms with Crippen molar-refractivity contribution in [2.24, 2.45) is 0 Å². The number of nitrogens with zero attached hydrogens (tertiary/aromatic N) is 3. The SMILES string of the molecule is COc1ccc(Cl)cc1NC(=O)CN1CCN(Cc2nc(-c3ccco3)cs2)CC1. The van der Waals surface area contributed by atoms with Gasteiger partial charge in [0.15, 0.2) is 5.76 Å². The van der Waals surface area contributed by atoms with E-state index in [0.717, 1.165) is 49.2 Å². The highest BCUT2D eigenvalue weighted by atomic mass is 35.5. The monoisotopic (exact) mass is 446 g/mol. The summed E-state index contributed by atoms with van der Waals surface area (Å²) in [5.41, 5.74) is 1.47. The lowest BCUT2D eigenvalue weighted by Gasteiger charge is -2.33. The van der Waals surface area contributed by atoms with Crippen molar-refractivity contribution in [1.82, 2.24) is 14.8 Å². The zero-order chi connectivity index (χ0) is 20.9. The van der Waals surface area contributed by atoms with Gasteiger partial charge in [0.1, 0.15) is 16.5 Å². The Kier molecular flexibility index (Phi) is 6.69. The number of furan rings is 1. The molecular formula is C21H23ClN4O3S. The molecule has 7 nitrogen and oxygen atoms in total. The highest BCUT2D eigenvalue weighted by Gasteiger charge is 2.21. The van der Waals surface area contributed by atoms with Gasteiger partial charge in [-0.2, -0.15) is 0 Å². The lowest BCUT2D eigenvalue weighted by atomic mass is 10.2. The number of piperazine rings is 1. The van der Waals surface area contributed by atoms with E-state index in [2.05, 4.69) is 20.1 Å². The second kappa shape index (κ2) is 9.61. The van der Waals surface area contributed by atoms with Crippen molar-refractivity contribution in [3.8, 4) is 17.2 Å². The Bertz CT molecular complexity index is 984. The first-order valence-electron chi connectivity index (χ1n) is 9.67. The maximum atomic E-state index is 12.5. The van der Waals surface area contributed by atoms with Crippen molar-refractivity contribution < 1.29 is 13.9 Å². The van der Waals surface area contributed by atoms with E-state index in [-0.39, 0.29) is 5.91 Å². The van der Waals surface area contributed by atoms with Crippen LogP contribution in [0.5, 0.6) is 5.75 Å². The molecule has 0 unspecified atom stereocenters. The van der Waals surface area contributed by atoms with Crippen molar-refractivity contribution in [3.63, 3.8) is 0 Å². The van der Waals surface area contributed by atoms with Gasteiger partial charge in [-0.1, -0.05) is 11.6 Å². The number of benzene rings is 1. The fraction of sp³-hybridized carbons (Fsp3) is 0.333. The predicted molar refractivity (Wildman–Crippen MR) is 118 cm³/mol. The molecule has 2 aromatic heterocycles. The molecule has 1 aromatic carbocycles. The van der Waals surface area contributed by atoms with E-state index in [0.29, 0.717) is 23.0 Å². The van der Waals surface area contributed by atoms with Gasteiger partial charge in [-0.15, -0.1) is 11.3 Å². The minimum absolute atomic E-state index is 0.0768. The maximum Gasteiger partial charge on any atom is 0.238 e. The Morgan fingerprint density at radius 3 is 2.80 bits per heavy atom. The van der Waals surface area contributed by atoms with Crippen molar-refractivity contribution in [2.45, 2.75) is 6.54 Å². The smallest absolute Gasteiger partial charge is 0.238 e. The average Bonchev–Trinajstić information content (AvgIpc) is 3.41. The summed E-state index contributed by atoms with van der Waals surface area (Å²) in [6, 6.07) is 8.96. The summed E-state index contributed by atoms with van der Waals surface area (Å²) < 4.78 is 10.7. The van der Waals surface area contributed by atoms with Crippen LogP contribution in [-0.4, -0.2) is 60.5 Å². The number of anilines is 1. The molecule has 30 heavy (non-hydrogen) atoms. The molecule has 3 heterocycles. The first-order chi connectivity index (χ1) is 14.6. The third-order valence-corrected chi connectivity index (χ3v) is 6.02. The largest absolute Gasteiger partial charge is 0.495 e. The maximum absolute atomic E-state index is 12.5. The zero-order valence-electron chi connectivity index (χ0n) is 16.6. The molecule has 9 heteroatoms. The van der Waals surface area contributed by atoms with Crippen LogP contribution >= 0.6 is 22.9 Å². The van der Waals surface area contributed by atoms with Crippen LogP contribution in [0, 0.1) is 0 Å². The predicted octanol–water partition coefficient (Wildman–Crippen LogP) is 3.82. The van der Waals surface area contributed by atoms with Crippen LogP contribution in [-0.2, 0) is 11.3 Å². The van der Waals surface area contributed by atoms with E-state index < -0.39 is 0 Å². The van der Waals surface area contributed by atoms with Crippen LogP contribution in [0.2, 0.25) is 5.02 Å². The number of thiazole rings is 1. The first kappa shape index (κ1) is 20.9. The van der Waals surface area contributed by atoms with E-state index in [1.807, 2.05) is 17.5 Å². The summed E-state index contributed by atoms with van der Waals surface area (Å²) in [7, 11) is 1.57. The number of carbonyl (C=O) groups is 1. The van der Waals surface area contributed by atoms with E-state index in [9.17, 15) is 4.79 Å². The number of carbonyl (C=O) groups excluding carboxylic acids is 1. The molecule has 0 spiro atoms. The Balaban J connectivity index is 1.25. The van der Waals surface area contributed by atoms with Gasteiger partial charge in [-0.05, 0) is 30.3 Å². The average molecular weight is 447 g/mol. The fourth-order valence-corrected chi connectivity index (χ4v) is 4.39. The minimum atomic E-state index is -0.0768. The third-order valence-electron chi connectivity index (χ3n) is 4.95. The van der Waals surface area contributed by atoms with Gasteiger partial charge >= 0.3 is 0 Å². The standard InChI is InChI=1S/C21H23ClN4O3S/c1-28-18-5-4-15(22)11-16(18)23-20(27)12-25-6-8-26(9-7-25)13-21-24-17(14-30-21)19-3-2-10-29-19/h2-5,10-11,14H,6-9,12-13H2,1H3,(H,23,27). The number of amides is 1. The molecule has 1 aliphatic rings. The number of hydrogen-bond acceptors (Lipinski definition) is 7. The Morgan fingerprint density at radius 2 is 2.07 bits per heavy atom. The van der Waals surface area contributed by atoms with Crippen LogP contribution in [0.1, 0.15) is 5.01 Å². The summed E-state index contributed by atoms with van der Waals surface area (Å²) in [5, 5.41) is 6.55. The molecule has 1 saturated heterocycles. The van der Waals surface area contributed by atoms with Gasteiger partial charge in [0.2, 0.25) is 5.91 Å². The first-order valence-corrected chi connectivity index (χ1v) is 10.9. The number of aromatic nitrogens is 1.